The third kappa shape index (κ3) is 6.09. The molecule has 0 amide bonds. The molecule has 0 aliphatic carbocycles. The third-order valence-corrected chi connectivity index (χ3v) is 2.90. The van der Waals surface area contributed by atoms with E-state index in [1.165, 1.54) is 0 Å². The second-order valence-electron chi connectivity index (χ2n) is 4.49. The van der Waals surface area contributed by atoms with Gasteiger partial charge in [-0.2, -0.15) is 15.0 Å². The van der Waals surface area contributed by atoms with Crippen molar-refractivity contribution in [3.8, 4) is 0 Å². The number of aromatic nitrogens is 3. The van der Waals surface area contributed by atoms with Gasteiger partial charge in [0.15, 0.2) is 0 Å². The molecule has 120 valence electrons. The molecular formula is C13H27N7O. The molecule has 0 bridgehead atoms. The standard InChI is InChI=1S/C13H27N7O/c1-4-9-21-10-7-8-15-11-16-12(19-14)18-13(17-11)20(5-2)6-3/h4-10,14H2,1-3H3,(H2,15,16,17,18,19). The van der Waals surface area contributed by atoms with Crippen molar-refractivity contribution in [2.24, 2.45) is 5.84 Å². The molecule has 8 nitrogen and oxygen atoms in total. The summed E-state index contributed by atoms with van der Waals surface area (Å²) in [4.78, 5) is 14.9. The van der Waals surface area contributed by atoms with Crippen LogP contribution in [0.3, 0.4) is 0 Å². The van der Waals surface area contributed by atoms with E-state index in [1.807, 2.05) is 4.90 Å². The first-order chi connectivity index (χ1) is 10.2. The van der Waals surface area contributed by atoms with Crippen LogP contribution in [0.2, 0.25) is 0 Å². The van der Waals surface area contributed by atoms with Crippen molar-refractivity contribution in [1.29, 1.82) is 0 Å². The highest BCUT2D eigenvalue weighted by molar-refractivity contribution is 5.43. The van der Waals surface area contributed by atoms with Crippen molar-refractivity contribution in [2.45, 2.75) is 33.6 Å². The van der Waals surface area contributed by atoms with Crippen LogP contribution < -0.4 is 21.5 Å². The molecule has 0 fully saturated rings. The Morgan fingerprint density at radius 1 is 1.05 bits per heavy atom. The molecule has 0 aliphatic heterocycles. The molecule has 0 aliphatic rings. The van der Waals surface area contributed by atoms with Crippen LogP contribution in [0.15, 0.2) is 0 Å². The highest BCUT2D eigenvalue weighted by Gasteiger charge is 2.10. The number of rotatable bonds is 11. The van der Waals surface area contributed by atoms with Crippen LogP contribution in [0.5, 0.6) is 0 Å². The maximum absolute atomic E-state index is 5.43. The first kappa shape index (κ1) is 17.4. The van der Waals surface area contributed by atoms with E-state index < -0.39 is 0 Å². The molecule has 1 rings (SSSR count). The van der Waals surface area contributed by atoms with Crippen molar-refractivity contribution in [3.63, 3.8) is 0 Å². The predicted molar refractivity (Wildman–Crippen MR) is 85.4 cm³/mol. The molecule has 8 heteroatoms. The van der Waals surface area contributed by atoms with E-state index in [9.17, 15) is 0 Å². The first-order valence-corrected chi connectivity index (χ1v) is 7.54. The Morgan fingerprint density at radius 3 is 2.38 bits per heavy atom. The smallest absolute Gasteiger partial charge is 0.243 e. The summed E-state index contributed by atoms with van der Waals surface area (Å²) in [5, 5.41) is 3.18. The zero-order valence-corrected chi connectivity index (χ0v) is 13.2. The maximum atomic E-state index is 5.43. The number of anilines is 3. The summed E-state index contributed by atoms with van der Waals surface area (Å²) in [5.74, 6) is 6.91. The molecule has 0 atom stereocenters. The average molecular weight is 297 g/mol. The fraction of sp³-hybridized carbons (Fsp3) is 0.769. The number of nitrogen functional groups attached to an aromatic ring is 1. The van der Waals surface area contributed by atoms with E-state index >= 15 is 0 Å². The lowest BCUT2D eigenvalue weighted by Crippen LogP contribution is -2.26. The number of hydrogen-bond acceptors (Lipinski definition) is 8. The molecule has 21 heavy (non-hydrogen) atoms. The quantitative estimate of drug-likeness (QED) is 0.318. The molecule has 4 N–H and O–H groups in total. The average Bonchev–Trinajstić information content (AvgIpc) is 2.51. The minimum Gasteiger partial charge on any atom is -0.381 e. The van der Waals surface area contributed by atoms with Gasteiger partial charge >= 0.3 is 0 Å². The minimum absolute atomic E-state index is 0.358. The van der Waals surface area contributed by atoms with Crippen LogP contribution in [-0.4, -0.2) is 47.8 Å². The van der Waals surface area contributed by atoms with Crippen LogP contribution >= 0.6 is 0 Å². The molecule has 0 saturated carbocycles. The molecule has 0 aromatic carbocycles. The molecule has 1 aromatic heterocycles. The van der Waals surface area contributed by atoms with E-state index in [0.29, 0.717) is 17.8 Å². The second-order valence-corrected chi connectivity index (χ2v) is 4.49. The van der Waals surface area contributed by atoms with Crippen LogP contribution in [0.1, 0.15) is 33.6 Å². The summed E-state index contributed by atoms with van der Waals surface area (Å²) in [5.41, 5.74) is 2.48. The number of nitrogens with one attached hydrogen (secondary N) is 2. The summed E-state index contributed by atoms with van der Waals surface area (Å²) in [6.07, 6.45) is 1.94. The first-order valence-electron chi connectivity index (χ1n) is 7.54. The zero-order chi connectivity index (χ0) is 15.5. The summed E-state index contributed by atoms with van der Waals surface area (Å²) < 4.78 is 5.43. The second kappa shape index (κ2) is 10.1. The van der Waals surface area contributed by atoms with Gasteiger partial charge in [0.25, 0.3) is 0 Å². The number of nitrogens with two attached hydrogens (primary N) is 1. The fourth-order valence-electron chi connectivity index (χ4n) is 1.78. The van der Waals surface area contributed by atoms with Crippen molar-refractivity contribution in [1.82, 2.24) is 15.0 Å². The summed E-state index contributed by atoms with van der Waals surface area (Å²) in [6, 6.07) is 0. The maximum Gasteiger partial charge on any atom is 0.243 e. The fourth-order valence-corrected chi connectivity index (χ4v) is 1.78. The Hall–Kier alpha value is -1.67. The number of ether oxygens (including phenoxy) is 1. The lowest BCUT2D eigenvalue weighted by atomic mass is 10.4. The van der Waals surface area contributed by atoms with Crippen molar-refractivity contribution in [2.75, 3.05) is 48.5 Å². The van der Waals surface area contributed by atoms with Crippen LogP contribution in [0.4, 0.5) is 17.8 Å². The SMILES string of the molecule is CCCOCCCNc1nc(NN)nc(N(CC)CC)n1. The molecule has 0 radical (unpaired) electrons. The van der Waals surface area contributed by atoms with E-state index in [2.05, 4.69) is 46.5 Å². The normalized spacial score (nSPS) is 10.5. The van der Waals surface area contributed by atoms with Crippen molar-refractivity contribution in [3.05, 3.63) is 0 Å². The lowest BCUT2D eigenvalue weighted by molar-refractivity contribution is 0.134. The minimum atomic E-state index is 0.358. The van der Waals surface area contributed by atoms with E-state index in [0.717, 1.165) is 45.7 Å². The monoisotopic (exact) mass is 297 g/mol. The zero-order valence-electron chi connectivity index (χ0n) is 13.2. The largest absolute Gasteiger partial charge is 0.381 e. The summed E-state index contributed by atoms with van der Waals surface area (Å²) in [7, 11) is 0. The number of hydrogen-bond donors (Lipinski definition) is 3. The summed E-state index contributed by atoms with van der Waals surface area (Å²) in [6.45, 7) is 10.1. The lowest BCUT2D eigenvalue weighted by Gasteiger charge is -2.19. The van der Waals surface area contributed by atoms with E-state index in [1.54, 1.807) is 0 Å². The van der Waals surface area contributed by atoms with Gasteiger partial charge in [-0.1, -0.05) is 6.92 Å². The Labute approximate surface area is 126 Å². The van der Waals surface area contributed by atoms with Gasteiger partial charge in [-0.05, 0) is 26.7 Å². The van der Waals surface area contributed by atoms with Gasteiger partial charge in [-0.3, -0.25) is 5.43 Å². The van der Waals surface area contributed by atoms with Gasteiger partial charge in [0.05, 0.1) is 0 Å². The van der Waals surface area contributed by atoms with Gasteiger partial charge in [-0.25, -0.2) is 5.84 Å². The van der Waals surface area contributed by atoms with Crippen LogP contribution in [-0.2, 0) is 4.74 Å². The molecule has 0 unspecified atom stereocenters. The van der Waals surface area contributed by atoms with Gasteiger partial charge in [-0.15, -0.1) is 0 Å². The highest BCUT2D eigenvalue weighted by atomic mass is 16.5. The Morgan fingerprint density at radius 2 is 1.76 bits per heavy atom. The Balaban J connectivity index is 2.58. The van der Waals surface area contributed by atoms with Gasteiger partial charge < -0.3 is 15.0 Å². The van der Waals surface area contributed by atoms with Crippen LogP contribution in [0.25, 0.3) is 0 Å². The van der Waals surface area contributed by atoms with E-state index in [4.69, 9.17) is 10.6 Å². The summed E-state index contributed by atoms with van der Waals surface area (Å²) >= 11 is 0. The van der Waals surface area contributed by atoms with E-state index in [-0.39, 0.29) is 0 Å². The van der Waals surface area contributed by atoms with Crippen molar-refractivity contribution < 1.29 is 4.74 Å². The van der Waals surface area contributed by atoms with Gasteiger partial charge in [0.1, 0.15) is 0 Å². The highest BCUT2D eigenvalue weighted by Crippen LogP contribution is 2.12. The predicted octanol–water partition coefficient (Wildman–Crippen LogP) is 1.23. The Kier molecular flexibility index (Phi) is 8.37. The van der Waals surface area contributed by atoms with Crippen LogP contribution in [0, 0.1) is 0 Å². The third-order valence-electron chi connectivity index (χ3n) is 2.90. The molecule has 1 heterocycles. The molecular weight excluding hydrogens is 270 g/mol. The molecule has 1 aromatic rings. The van der Waals surface area contributed by atoms with Gasteiger partial charge in [0.2, 0.25) is 17.8 Å². The topological polar surface area (TPSA) is 101 Å². The van der Waals surface area contributed by atoms with Crippen molar-refractivity contribution >= 4 is 17.8 Å². The Bertz CT molecular complexity index is 398. The molecule has 0 spiro atoms. The number of hydrazine groups is 1. The molecule has 0 saturated heterocycles. The number of nitrogens with zero attached hydrogens (tertiary/aromatic N) is 4. The van der Waals surface area contributed by atoms with Gasteiger partial charge in [0, 0.05) is 32.8 Å².